The van der Waals surface area contributed by atoms with Crippen molar-refractivity contribution in [3.8, 4) is 5.75 Å². The average Bonchev–Trinajstić information content (AvgIpc) is 2.77. The minimum atomic E-state index is -0.0274. The van der Waals surface area contributed by atoms with Gasteiger partial charge in [0.25, 0.3) is 5.91 Å². The molecule has 29 heavy (non-hydrogen) atoms. The van der Waals surface area contributed by atoms with E-state index < -0.39 is 0 Å². The van der Waals surface area contributed by atoms with E-state index in [1.54, 1.807) is 36.4 Å². The summed E-state index contributed by atoms with van der Waals surface area (Å²) in [5.74, 6) is 0.564. The summed E-state index contributed by atoms with van der Waals surface area (Å²) in [6.07, 6.45) is 0. The Bertz CT molecular complexity index is 798. The molecule has 3 rings (SSSR count). The molecule has 2 aromatic carbocycles. The SMILES string of the molecule is CN(C)CCN1CCN(C(=O)COc2ccc(C(=O)c3ccccc3)cc2)CC1. The van der Waals surface area contributed by atoms with Crippen LogP contribution in [0, 0.1) is 0 Å². The van der Waals surface area contributed by atoms with Gasteiger partial charge in [0.15, 0.2) is 12.4 Å². The van der Waals surface area contributed by atoms with Gasteiger partial charge in [-0.3, -0.25) is 14.5 Å². The van der Waals surface area contributed by atoms with Gasteiger partial charge in [-0.05, 0) is 38.4 Å². The van der Waals surface area contributed by atoms with Gasteiger partial charge in [0.05, 0.1) is 0 Å². The lowest BCUT2D eigenvalue weighted by Crippen LogP contribution is -2.51. The maximum absolute atomic E-state index is 12.4. The minimum absolute atomic E-state index is 0.00157. The lowest BCUT2D eigenvalue weighted by molar-refractivity contribution is -0.135. The molecule has 0 unspecified atom stereocenters. The molecule has 1 saturated heterocycles. The number of ketones is 1. The van der Waals surface area contributed by atoms with Crippen LogP contribution >= 0.6 is 0 Å². The molecule has 1 aliphatic rings. The van der Waals surface area contributed by atoms with Crippen LogP contribution in [0.2, 0.25) is 0 Å². The summed E-state index contributed by atoms with van der Waals surface area (Å²) in [7, 11) is 4.14. The largest absolute Gasteiger partial charge is 0.484 e. The minimum Gasteiger partial charge on any atom is -0.484 e. The van der Waals surface area contributed by atoms with Crippen molar-refractivity contribution >= 4 is 11.7 Å². The van der Waals surface area contributed by atoms with E-state index in [4.69, 9.17) is 4.74 Å². The first kappa shape index (κ1) is 21.0. The van der Waals surface area contributed by atoms with Gasteiger partial charge in [-0.25, -0.2) is 0 Å². The molecule has 0 saturated carbocycles. The fourth-order valence-electron chi connectivity index (χ4n) is 3.26. The molecule has 1 amide bonds. The maximum atomic E-state index is 12.4. The first-order chi connectivity index (χ1) is 14.0. The number of amides is 1. The molecule has 154 valence electrons. The fourth-order valence-corrected chi connectivity index (χ4v) is 3.26. The van der Waals surface area contributed by atoms with Crippen LogP contribution in [0.4, 0.5) is 0 Å². The number of ether oxygens (including phenoxy) is 1. The topological polar surface area (TPSA) is 53.1 Å². The number of piperazine rings is 1. The molecule has 0 radical (unpaired) electrons. The highest BCUT2D eigenvalue weighted by Crippen LogP contribution is 2.16. The lowest BCUT2D eigenvalue weighted by Gasteiger charge is -2.35. The maximum Gasteiger partial charge on any atom is 0.260 e. The number of rotatable bonds is 8. The Hall–Kier alpha value is -2.70. The number of benzene rings is 2. The van der Waals surface area contributed by atoms with E-state index in [0.717, 1.165) is 39.3 Å². The summed E-state index contributed by atoms with van der Waals surface area (Å²) in [5.41, 5.74) is 1.25. The van der Waals surface area contributed by atoms with Gasteiger partial charge >= 0.3 is 0 Å². The Morgan fingerprint density at radius 2 is 1.52 bits per heavy atom. The highest BCUT2D eigenvalue weighted by Gasteiger charge is 2.21. The third-order valence-electron chi connectivity index (χ3n) is 5.10. The number of hydrogen-bond acceptors (Lipinski definition) is 5. The summed E-state index contributed by atoms with van der Waals surface area (Å²) in [6, 6.07) is 16.1. The smallest absolute Gasteiger partial charge is 0.260 e. The van der Waals surface area contributed by atoms with Gasteiger partial charge in [0.1, 0.15) is 5.75 Å². The molecule has 0 aliphatic carbocycles. The van der Waals surface area contributed by atoms with Crippen molar-refractivity contribution in [2.24, 2.45) is 0 Å². The zero-order valence-electron chi connectivity index (χ0n) is 17.2. The monoisotopic (exact) mass is 395 g/mol. The third-order valence-corrected chi connectivity index (χ3v) is 5.10. The summed E-state index contributed by atoms with van der Waals surface area (Å²) >= 11 is 0. The molecule has 6 heteroatoms. The van der Waals surface area contributed by atoms with Crippen LogP contribution in [0.15, 0.2) is 54.6 Å². The number of likely N-dealkylation sites (N-methyl/N-ethyl adjacent to an activating group) is 1. The van der Waals surface area contributed by atoms with Crippen LogP contribution in [-0.2, 0) is 4.79 Å². The van der Waals surface area contributed by atoms with Gasteiger partial charge in [-0.15, -0.1) is 0 Å². The molecular weight excluding hydrogens is 366 g/mol. The van der Waals surface area contributed by atoms with Crippen molar-refractivity contribution in [1.82, 2.24) is 14.7 Å². The Morgan fingerprint density at radius 1 is 0.897 bits per heavy atom. The fraction of sp³-hybridized carbons (Fsp3) is 0.391. The molecule has 1 aliphatic heterocycles. The van der Waals surface area contributed by atoms with Crippen LogP contribution < -0.4 is 4.74 Å². The van der Waals surface area contributed by atoms with Crippen LogP contribution in [0.1, 0.15) is 15.9 Å². The van der Waals surface area contributed by atoms with E-state index in [2.05, 4.69) is 23.9 Å². The normalized spacial score (nSPS) is 14.8. The zero-order chi connectivity index (χ0) is 20.6. The summed E-state index contributed by atoms with van der Waals surface area (Å²) in [4.78, 5) is 31.3. The van der Waals surface area contributed by atoms with Crippen LogP contribution in [-0.4, -0.2) is 86.4 Å². The average molecular weight is 396 g/mol. The van der Waals surface area contributed by atoms with Gasteiger partial charge in [-0.1, -0.05) is 30.3 Å². The molecule has 1 fully saturated rings. The predicted octanol–water partition coefficient (Wildman–Crippen LogP) is 2.00. The first-order valence-corrected chi connectivity index (χ1v) is 10.0. The van der Waals surface area contributed by atoms with Crippen LogP contribution in [0.3, 0.4) is 0 Å². The molecule has 6 nitrogen and oxygen atoms in total. The van der Waals surface area contributed by atoms with Gasteiger partial charge in [0, 0.05) is 50.4 Å². The number of hydrogen-bond donors (Lipinski definition) is 0. The standard InChI is InChI=1S/C23H29N3O3/c1-24(2)12-13-25-14-16-26(17-15-25)22(27)18-29-21-10-8-20(9-11-21)23(28)19-6-4-3-5-7-19/h3-11H,12-18H2,1-2H3. The van der Waals surface area contributed by atoms with E-state index in [0.29, 0.717) is 16.9 Å². The van der Waals surface area contributed by atoms with Crippen molar-refractivity contribution in [2.75, 3.05) is 60.0 Å². The molecule has 0 bridgehead atoms. The zero-order valence-corrected chi connectivity index (χ0v) is 17.2. The lowest BCUT2D eigenvalue weighted by atomic mass is 10.0. The number of carbonyl (C=O) groups excluding carboxylic acids is 2. The highest BCUT2D eigenvalue weighted by molar-refractivity contribution is 6.08. The molecular formula is C23H29N3O3. The third kappa shape index (κ3) is 6.14. The molecule has 0 aromatic heterocycles. The molecule has 0 atom stereocenters. The van der Waals surface area contributed by atoms with Gasteiger partial charge in [0.2, 0.25) is 0 Å². The second-order valence-corrected chi connectivity index (χ2v) is 7.53. The summed E-state index contributed by atoms with van der Waals surface area (Å²) < 4.78 is 5.64. The summed E-state index contributed by atoms with van der Waals surface area (Å²) in [6.45, 7) is 5.34. The van der Waals surface area contributed by atoms with Crippen molar-refractivity contribution in [1.29, 1.82) is 0 Å². The van der Waals surface area contributed by atoms with Gasteiger partial charge in [-0.2, -0.15) is 0 Å². The van der Waals surface area contributed by atoms with Crippen molar-refractivity contribution in [2.45, 2.75) is 0 Å². The molecule has 1 heterocycles. The van der Waals surface area contributed by atoms with Crippen molar-refractivity contribution in [3.05, 3.63) is 65.7 Å². The Morgan fingerprint density at radius 3 is 2.14 bits per heavy atom. The Kier molecular flexibility index (Phi) is 7.38. The van der Waals surface area contributed by atoms with E-state index >= 15 is 0 Å². The van der Waals surface area contributed by atoms with Crippen LogP contribution in [0.5, 0.6) is 5.75 Å². The van der Waals surface area contributed by atoms with Gasteiger partial charge < -0.3 is 14.5 Å². The predicted molar refractivity (Wildman–Crippen MR) is 113 cm³/mol. The second kappa shape index (κ2) is 10.2. The number of nitrogens with zero attached hydrogens (tertiary/aromatic N) is 3. The molecule has 0 N–H and O–H groups in total. The second-order valence-electron chi connectivity index (χ2n) is 7.53. The van der Waals surface area contributed by atoms with E-state index in [-0.39, 0.29) is 18.3 Å². The summed E-state index contributed by atoms with van der Waals surface area (Å²) in [5, 5.41) is 0. The molecule has 0 spiro atoms. The van der Waals surface area contributed by atoms with Crippen LogP contribution in [0.25, 0.3) is 0 Å². The van der Waals surface area contributed by atoms with Crippen molar-refractivity contribution in [3.63, 3.8) is 0 Å². The Balaban J connectivity index is 1.44. The van der Waals surface area contributed by atoms with E-state index in [1.807, 2.05) is 23.1 Å². The van der Waals surface area contributed by atoms with Crippen molar-refractivity contribution < 1.29 is 14.3 Å². The highest BCUT2D eigenvalue weighted by atomic mass is 16.5. The first-order valence-electron chi connectivity index (χ1n) is 10.0. The van der Waals surface area contributed by atoms with E-state index in [1.165, 1.54) is 0 Å². The number of carbonyl (C=O) groups is 2. The molecule has 2 aromatic rings. The Labute approximate surface area is 172 Å². The quantitative estimate of drug-likeness (QED) is 0.640. The van der Waals surface area contributed by atoms with E-state index in [9.17, 15) is 9.59 Å².